The van der Waals surface area contributed by atoms with E-state index in [4.69, 9.17) is 11.6 Å². The summed E-state index contributed by atoms with van der Waals surface area (Å²) in [5.74, 6) is -0.266. The quantitative estimate of drug-likeness (QED) is 0.512. The fourth-order valence-electron chi connectivity index (χ4n) is 3.05. The van der Waals surface area contributed by atoms with E-state index in [2.05, 4.69) is 20.4 Å². The van der Waals surface area contributed by atoms with E-state index in [1.807, 2.05) is 44.2 Å². The van der Waals surface area contributed by atoms with Crippen molar-refractivity contribution in [3.05, 3.63) is 93.5 Å². The maximum absolute atomic E-state index is 13.0. The average molecular weight is 424 g/mol. The standard InChI is InChI=1S/C21H18ClN5OS/c1-13-10-14(2)27(26-13)21-24-18(12-29-21)20(28)25-19(16-4-3-9-23-11-16)15-5-7-17(22)8-6-15/h3-12,19H,1-2H3,(H,25,28)/t19-/m1/s1. The van der Waals surface area contributed by atoms with Crippen molar-refractivity contribution in [3.8, 4) is 5.13 Å². The van der Waals surface area contributed by atoms with Crippen molar-refractivity contribution in [3.63, 3.8) is 0 Å². The van der Waals surface area contributed by atoms with Crippen LogP contribution < -0.4 is 5.32 Å². The lowest BCUT2D eigenvalue weighted by molar-refractivity contribution is 0.0938. The lowest BCUT2D eigenvalue weighted by Gasteiger charge is -2.19. The number of aromatic nitrogens is 4. The monoisotopic (exact) mass is 423 g/mol. The summed E-state index contributed by atoms with van der Waals surface area (Å²) in [4.78, 5) is 21.6. The Morgan fingerprint density at radius 1 is 1.17 bits per heavy atom. The number of thiazole rings is 1. The molecule has 0 saturated carbocycles. The van der Waals surface area contributed by atoms with Gasteiger partial charge in [-0.15, -0.1) is 11.3 Å². The molecule has 8 heteroatoms. The van der Waals surface area contributed by atoms with E-state index < -0.39 is 0 Å². The first-order valence-corrected chi connectivity index (χ1v) is 10.2. The summed E-state index contributed by atoms with van der Waals surface area (Å²) in [5.41, 5.74) is 4.00. The second kappa shape index (κ2) is 8.14. The molecule has 0 spiro atoms. The van der Waals surface area contributed by atoms with Crippen LogP contribution in [0.4, 0.5) is 0 Å². The highest BCUT2D eigenvalue weighted by molar-refractivity contribution is 7.12. The topological polar surface area (TPSA) is 72.7 Å². The summed E-state index contributed by atoms with van der Waals surface area (Å²) in [6.07, 6.45) is 3.44. The molecule has 1 N–H and O–H groups in total. The molecule has 3 heterocycles. The third kappa shape index (κ3) is 4.21. The van der Waals surface area contributed by atoms with Crippen LogP contribution in [0.25, 0.3) is 5.13 Å². The Kier molecular flexibility index (Phi) is 5.42. The highest BCUT2D eigenvalue weighted by Gasteiger charge is 2.20. The summed E-state index contributed by atoms with van der Waals surface area (Å²) < 4.78 is 1.74. The fourth-order valence-corrected chi connectivity index (χ4v) is 3.99. The molecule has 1 amide bonds. The number of nitrogens with one attached hydrogen (secondary N) is 1. The van der Waals surface area contributed by atoms with Gasteiger partial charge < -0.3 is 5.32 Å². The fraction of sp³-hybridized carbons (Fsp3) is 0.143. The zero-order valence-corrected chi connectivity index (χ0v) is 17.4. The predicted octanol–water partition coefficient (Wildman–Crippen LogP) is 4.51. The molecular weight excluding hydrogens is 406 g/mol. The SMILES string of the molecule is Cc1cc(C)n(-c2nc(C(=O)N[C@H](c3ccc(Cl)cc3)c3cccnc3)cs2)n1. The maximum Gasteiger partial charge on any atom is 0.271 e. The number of carbonyl (C=O) groups excluding carboxylic acids is 1. The Balaban J connectivity index is 1.62. The summed E-state index contributed by atoms with van der Waals surface area (Å²) in [5, 5.41) is 10.5. The summed E-state index contributed by atoms with van der Waals surface area (Å²) in [6.45, 7) is 3.88. The zero-order valence-electron chi connectivity index (χ0n) is 15.8. The largest absolute Gasteiger partial charge is 0.340 e. The van der Waals surface area contributed by atoms with E-state index in [9.17, 15) is 4.79 Å². The number of amides is 1. The van der Waals surface area contributed by atoms with Crippen LogP contribution in [-0.4, -0.2) is 25.7 Å². The molecule has 0 aliphatic rings. The van der Waals surface area contributed by atoms with Gasteiger partial charge in [-0.1, -0.05) is 29.8 Å². The van der Waals surface area contributed by atoms with Gasteiger partial charge in [0.15, 0.2) is 0 Å². The predicted molar refractivity (Wildman–Crippen MR) is 114 cm³/mol. The Bertz CT molecular complexity index is 1140. The Hall–Kier alpha value is -3.03. The lowest BCUT2D eigenvalue weighted by Crippen LogP contribution is -2.29. The first-order valence-electron chi connectivity index (χ1n) is 8.96. The smallest absolute Gasteiger partial charge is 0.271 e. The Morgan fingerprint density at radius 3 is 2.62 bits per heavy atom. The van der Waals surface area contributed by atoms with Crippen LogP contribution >= 0.6 is 22.9 Å². The molecule has 146 valence electrons. The Labute approximate surface area is 177 Å². The molecule has 0 radical (unpaired) electrons. The zero-order chi connectivity index (χ0) is 20.4. The van der Waals surface area contributed by atoms with Crippen LogP contribution in [0.1, 0.15) is 39.0 Å². The number of pyridine rings is 1. The number of halogens is 1. The van der Waals surface area contributed by atoms with Gasteiger partial charge in [-0.05, 0) is 49.2 Å². The minimum atomic E-state index is -0.368. The first-order chi connectivity index (χ1) is 14.0. The number of carbonyl (C=O) groups is 1. The molecule has 1 atom stereocenters. The van der Waals surface area contributed by atoms with Crippen molar-refractivity contribution in [1.29, 1.82) is 0 Å². The van der Waals surface area contributed by atoms with Crippen LogP contribution in [0.2, 0.25) is 5.02 Å². The van der Waals surface area contributed by atoms with E-state index in [-0.39, 0.29) is 11.9 Å². The van der Waals surface area contributed by atoms with E-state index in [1.54, 1.807) is 34.6 Å². The summed E-state index contributed by atoms with van der Waals surface area (Å²) in [7, 11) is 0. The molecule has 0 saturated heterocycles. The Morgan fingerprint density at radius 2 is 1.97 bits per heavy atom. The number of aryl methyl sites for hydroxylation is 2. The molecule has 3 aromatic heterocycles. The normalized spacial score (nSPS) is 12.0. The molecular formula is C21H18ClN5OS. The highest BCUT2D eigenvalue weighted by Crippen LogP contribution is 2.24. The number of hydrogen-bond donors (Lipinski definition) is 1. The lowest BCUT2D eigenvalue weighted by atomic mass is 10.00. The molecule has 1 aromatic carbocycles. The minimum Gasteiger partial charge on any atom is -0.340 e. The van der Waals surface area contributed by atoms with Crippen molar-refractivity contribution in [2.45, 2.75) is 19.9 Å². The number of benzene rings is 1. The molecule has 4 rings (SSSR count). The summed E-state index contributed by atoms with van der Waals surface area (Å²) >= 11 is 7.40. The van der Waals surface area contributed by atoms with E-state index in [1.165, 1.54) is 11.3 Å². The van der Waals surface area contributed by atoms with Gasteiger partial charge in [0, 0.05) is 28.5 Å². The maximum atomic E-state index is 13.0. The third-order valence-corrected chi connectivity index (χ3v) is 5.48. The minimum absolute atomic E-state index is 0.266. The van der Waals surface area contributed by atoms with Crippen molar-refractivity contribution in [2.75, 3.05) is 0 Å². The molecule has 6 nitrogen and oxygen atoms in total. The van der Waals surface area contributed by atoms with Gasteiger partial charge in [0.05, 0.1) is 11.7 Å². The molecule has 0 aliphatic carbocycles. The number of hydrogen-bond acceptors (Lipinski definition) is 5. The van der Waals surface area contributed by atoms with Gasteiger partial charge in [-0.25, -0.2) is 9.67 Å². The van der Waals surface area contributed by atoms with Gasteiger partial charge in [0.25, 0.3) is 5.91 Å². The third-order valence-electron chi connectivity index (χ3n) is 4.41. The number of nitrogens with zero attached hydrogens (tertiary/aromatic N) is 4. The van der Waals surface area contributed by atoms with E-state index in [0.717, 1.165) is 22.5 Å². The van der Waals surface area contributed by atoms with Gasteiger partial charge in [-0.3, -0.25) is 9.78 Å². The molecule has 0 bridgehead atoms. The van der Waals surface area contributed by atoms with E-state index in [0.29, 0.717) is 15.8 Å². The van der Waals surface area contributed by atoms with Gasteiger partial charge >= 0.3 is 0 Å². The average Bonchev–Trinajstić information content (AvgIpc) is 3.33. The van der Waals surface area contributed by atoms with Crippen molar-refractivity contribution >= 4 is 28.8 Å². The first kappa shape index (κ1) is 19.3. The van der Waals surface area contributed by atoms with Crippen molar-refractivity contribution in [2.24, 2.45) is 0 Å². The molecule has 0 aliphatic heterocycles. The van der Waals surface area contributed by atoms with Crippen molar-refractivity contribution in [1.82, 2.24) is 25.1 Å². The molecule has 29 heavy (non-hydrogen) atoms. The van der Waals surface area contributed by atoms with Gasteiger partial charge in [-0.2, -0.15) is 5.10 Å². The van der Waals surface area contributed by atoms with E-state index >= 15 is 0 Å². The molecule has 0 fully saturated rings. The van der Waals surface area contributed by atoms with Crippen LogP contribution in [0.5, 0.6) is 0 Å². The second-order valence-corrected chi connectivity index (χ2v) is 7.87. The molecule has 0 unspecified atom stereocenters. The number of rotatable bonds is 5. The van der Waals surface area contributed by atoms with Crippen molar-refractivity contribution < 1.29 is 4.79 Å². The van der Waals surface area contributed by atoms with Crippen LogP contribution in [0, 0.1) is 13.8 Å². The van der Waals surface area contributed by atoms with Crippen LogP contribution in [0.3, 0.4) is 0 Å². The highest BCUT2D eigenvalue weighted by atomic mass is 35.5. The summed E-state index contributed by atoms with van der Waals surface area (Å²) in [6, 6.07) is 12.8. The molecule has 4 aromatic rings. The van der Waals surface area contributed by atoms with Gasteiger partial charge in [0.2, 0.25) is 5.13 Å². The van der Waals surface area contributed by atoms with Crippen LogP contribution in [-0.2, 0) is 0 Å². The van der Waals surface area contributed by atoms with Gasteiger partial charge in [0.1, 0.15) is 5.69 Å². The second-order valence-electron chi connectivity index (χ2n) is 6.60. The van der Waals surface area contributed by atoms with Crippen LogP contribution in [0.15, 0.2) is 60.2 Å².